The molecule has 2 aromatic rings. The van der Waals surface area contributed by atoms with Crippen LogP contribution in [0.15, 0.2) is 35.4 Å². The highest BCUT2D eigenvalue weighted by Gasteiger charge is 2.35. The van der Waals surface area contributed by atoms with E-state index in [4.69, 9.17) is 0 Å². The Morgan fingerprint density at radius 2 is 1.67 bits per heavy atom. The van der Waals surface area contributed by atoms with E-state index in [9.17, 15) is 41.3 Å². The van der Waals surface area contributed by atoms with Crippen molar-refractivity contribution in [2.45, 2.75) is 12.4 Å². The standard InChI is InChI=1S/C12H5F6N3O3/c13-11(14,15)6-1-2-7(8(3-6)21(23)24)20-5-19-9(4-10(20)22)12(16,17)18/h1-5H. The lowest BCUT2D eigenvalue weighted by Gasteiger charge is -2.11. The van der Waals surface area contributed by atoms with Gasteiger partial charge in [-0.3, -0.25) is 19.5 Å². The Kier molecular flexibility index (Phi) is 4.08. The third-order valence-corrected chi connectivity index (χ3v) is 2.86. The van der Waals surface area contributed by atoms with Gasteiger partial charge in [0.05, 0.1) is 10.5 Å². The van der Waals surface area contributed by atoms with Gasteiger partial charge in [0.15, 0.2) is 5.69 Å². The number of rotatable bonds is 2. The monoisotopic (exact) mass is 353 g/mol. The van der Waals surface area contributed by atoms with Crippen molar-refractivity contribution in [3.8, 4) is 5.69 Å². The molecule has 1 aromatic heterocycles. The average molecular weight is 353 g/mol. The molecule has 6 nitrogen and oxygen atoms in total. The van der Waals surface area contributed by atoms with Crippen molar-refractivity contribution in [1.82, 2.24) is 9.55 Å². The first-order valence-electron chi connectivity index (χ1n) is 5.93. The number of nitro benzene ring substituents is 1. The average Bonchev–Trinajstić information content (AvgIpc) is 2.44. The highest BCUT2D eigenvalue weighted by molar-refractivity contribution is 5.54. The minimum Gasteiger partial charge on any atom is -0.269 e. The fourth-order valence-corrected chi connectivity index (χ4v) is 1.79. The van der Waals surface area contributed by atoms with Gasteiger partial charge < -0.3 is 0 Å². The predicted molar refractivity (Wildman–Crippen MR) is 66.5 cm³/mol. The van der Waals surface area contributed by atoms with Crippen molar-refractivity contribution in [3.63, 3.8) is 0 Å². The molecule has 128 valence electrons. The quantitative estimate of drug-likeness (QED) is 0.472. The smallest absolute Gasteiger partial charge is 0.269 e. The first-order valence-corrected chi connectivity index (χ1v) is 5.93. The van der Waals surface area contributed by atoms with Crippen LogP contribution in [-0.4, -0.2) is 14.5 Å². The van der Waals surface area contributed by atoms with Gasteiger partial charge in [0.2, 0.25) is 0 Å². The number of hydrogen-bond acceptors (Lipinski definition) is 4. The summed E-state index contributed by atoms with van der Waals surface area (Å²) in [4.78, 5) is 24.4. The number of nitro groups is 1. The number of nitrogens with zero attached hydrogens (tertiary/aromatic N) is 3. The van der Waals surface area contributed by atoms with Crippen LogP contribution in [-0.2, 0) is 12.4 Å². The Bertz CT molecular complexity index is 856. The van der Waals surface area contributed by atoms with E-state index in [1.165, 1.54) is 0 Å². The molecule has 12 heteroatoms. The van der Waals surface area contributed by atoms with Crippen LogP contribution in [0.3, 0.4) is 0 Å². The van der Waals surface area contributed by atoms with Gasteiger partial charge in [-0.15, -0.1) is 0 Å². The maximum absolute atomic E-state index is 12.6. The molecule has 0 saturated heterocycles. The topological polar surface area (TPSA) is 78.0 Å². The van der Waals surface area contributed by atoms with E-state index in [1.54, 1.807) is 0 Å². The van der Waals surface area contributed by atoms with Gasteiger partial charge in [-0.2, -0.15) is 26.3 Å². The molecule has 0 fully saturated rings. The molecule has 0 saturated carbocycles. The molecule has 0 aliphatic carbocycles. The van der Waals surface area contributed by atoms with Crippen LogP contribution in [0.5, 0.6) is 0 Å². The minimum atomic E-state index is -4.91. The molecule has 0 atom stereocenters. The van der Waals surface area contributed by atoms with E-state index in [0.717, 1.165) is 0 Å². The molecule has 0 unspecified atom stereocenters. The zero-order valence-electron chi connectivity index (χ0n) is 11.2. The highest BCUT2D eigenvalue weighted by atomic mass is 19.4. The normalized spacial score (nSPS) is 12.2. The van der Waals surface area contributed by atoms with Crippen molar-refractivity contribution in [3.05, 3.63) is 62.3 Å². The summed E-state index contributed by atoms with van der Waals surface area (Å²) in [5.74, 6) is 0. The van der Waals surface area contributed by atoms with E-state index in [1.807, 2.05) is 0 Å². The van der Waals surface area contributed by atoms with E-state index < -0.39 is 45.5 Å². The third-order valence-electron chi connectivity index (χ3n) is 2.86. The summed E-state index contributed by atoms with van der Waals surface area (Å²) in [6.07, 6.45) is -9.42. The summed E-state index contributed by atoms with van der Waals surface area (Å²) in [6.45, 7) is 0. The molecular formula is C12H5F6N3O3. The van der Waals surface area contributed by atoms with Gasteiger partial charge in [-0.05, 0) is 12.1 Å². The van der Waals surface area contributed by atoms with Crippen LogP contribution in [0.2, 0.25) is 0 Å². The molecule has 1 heterocycles. The van der Waals surface area contributed by atoms with Gasteiger partial charge in [-0.1, -0.05) is 0 Å². The number of alkyl halides is 6. The number of hydrogen-bond donors (Lipinski definition) is 0. The SMILES string of the molecule is O=c1cc(C(F)(F)F)ncn1-c1ccc(C(F)(F)F)cc1[N+](=O)[O-]. The Balaban J connectivity index is 2.65. The van der Waals surface area contributed by atoms with Crippen LogP contribution in [0.25, 0.3) is 5.69 Å². The molecule has 0 aliphatic rings. The van der Waals surface area contributed by atoms with Gasteiger partial charge in [0.1, 0.15) is 12.0 Å². The van der Waals surface area contributed by atoms with Crippen LogP contribution in [0.1, 0.15) is 11.3 Å². The second-order valence-electron chi connectivity index (χ2n) is 4.44. The molecule has 1 aromatic carbocycles. The summed E-state index contributed by atoms with van der Waals surface area (Å²) in [5.41, 5.74) is -5.95. The zero-order valence-corrected chi connectivity index (χ0v) is 11.2. The predicted octanol–water partition coefficient (Wildman–Crippen LogP) is 3.18. The fraction of sp³-hybridized carbons (Fsp3) is 0.167. The number of aromatic nitrogens is 2. The van der Waals surface area contributed by atoms with Gasteiger partial charge >= 0.3 is 12.4 Å². The Labute approximate surface area is 128 Å². The molecule has 0 amide bonds. The second-order valence-corrected chi connectivity index (χ2v) is 4.44. The Morgan fingerprint density at radius 3 is 2.12 bits per heavy atom. The van der Waals surface area contributed by atoms with Crippen molar-refractivity contribution >= 4 is 5.69 Å². The lowest BCUT2D eigenvalue weighted by Crippen LogP contribution is -2.23. The molecule has 0 aliphatic heterocycles. The van der Waals surface area contributed by atoms with Crippen molar-refractivity contribution in [2.24, 2.45) is 0 Å². The van der Waals surface area contributed by atoms with E-state index >= 15 is 0 Å². The summed E-state index contributed by atoms with van der Waals surface area (Å²) in [7, 11) is 0. The Morgan fingerprint density at radius 1 is 1.04 bits per heavy atom. The molecule has 0 bridgehead atoms. The summed E-state index contributed by atoms with van der Waals surface area (Å²) in [5, 5.41) is 10.9. The largest absolute Gasteiger partial charge is 0.433 e. The number of benzene rings is 1. The first kappa shape index (κ1) is 17.4. The number of halogens is 6. The molecule has 0 N–H and O–H groups in total. The lowest BCUT2D eigenvalue weighted by molar-refractivity contribution is -0.384. The molecular weight excluding hydrogens is 348 g/mol. The molecule has 0 spiro atoms. The minimum absolute atomic E-state index is 0.0847. The van der Waals surface area contributed by atoms with Crippen molar-refractivity contribution in [1.29, 1.82) is 0 Å². The first-order chi connectivity index (χ1) is 10.9. The van der Waals surface area contributed by atoms with Crippen LogP contribution in [0, 0.1) is 10.1 Å². The van der Waals surface area contributed by atoms with E-state index in [2.05, 4.69) is 4.98 Å². The third kappa shape index (κ3) is 3.36. The van der Waals surface area contributed by atoms with E-state index in [-0.39, 0.29) is 12.1 Å². The highest BCUT2D eigenvalue weighted by Crippen LogP contribution is 2.34. The Hall–Kier alpha value is -2.92. The summed E-state index contributed by atoms with van der Waals surface area (Å²) >= 11 is 0. The fourth-order valence-electron chi connectivity index (χ4n) is 1.79. The molecule has 24 heavy (non-hydrogen) atoms. The maximum atomic E-state index is 12.6. The zero-order chi connectivity index (χ0) is 18.3. The van der Waals surface area contributed by atoms with Crippen molar-refractivity contribution in [2.75, 3.05) is 0 Å². The lowest BCUT2D eigenvalue weighted by atomic mass is 10.1. The van der Waals surface area contributed by atoms with Gasteiger partial charge in [0, 0.05) is 12.1 Å². The summed E-state index contributed by atoms with van der Waals surface area (Å²) < 4.78 is 75.5. The van der Waals surface area contributed by atoms with Gasteiger partial charge in [0.25, 0.3) is 11.2 Å². The summed E-state index contributed by atoms with van der Waals surface area (Å²) in [6, 6.07) is 1.34. The second kappa shape index (κ2) is 5.62. The van der Waals surface area contributed by atoms with Crippen molar-refractivity contribution < 1.29 is 31.3 Å². The maximum Gasteiger partial charge on any atom is 0.433 e. The van der Waals surface area contributed by atoms with Crippen LogP contribution >= 0.6 is 0 Å². The van der Waals surface area contributed by atoms with E-state index in [0.29, 0.717) is 23.0 Å². The van der Waals surface area contributed by atoms with Crippen LogP contribution < -0.4 is 5.56 Å². The molecule has 0 radical (unpaired) electrons. The van der Waals surface area contributed by atoms with Crippen LogP contribution in [0.4, 0.5) is 32.0 Å². The molecule has 2 rings (SSSR count). The van der Waals surface area contributed by atoms with Gasteiger partial charge in [-0.25, -0.2) is 4.98 Å².